The highest BCUT2D eigenvalue weighted by Gasteiger charge is 2.07. The lowest BCUT2D eigenvalue weighted by Crippen LogP contribution is -2.25. The molecule has 2 aromatic rings. The van der Waals surface area contributed by atoms with Gasteiger partial charge in [0.25, 0.3) is 0 Å². The molecule has 0 radical (unpaired) electrons. The number of rotatable bonds is 6. The number of carboxylic acid groups (broad SMARTS) is 1. The van der Waals surface area contributed by atoms with Gasteiger partial charge in [-0.2, -0.15) is 0 Å². The first-order valence-electron chi connectivity index (χ1n) is 8.84. The summed E-state index contributed by atoms with van der Waals surface area (Å²) in [7, 11) is 1.70. The molecular weight excluding hydrogens is 341 g/mol. The Bertz CT molecular complexity index is 873. The van der Waals surface area contributed by atoms with Gasteiger partial charge in [-0.05, 0) is 36.7 Å². The van der Waals surface area contributed by atoms with Crippen molar-refractivity contribution in [3.63, 3.8) is 0 Å². The van der Waals surface area contributed by atoms with Gasteiger partial charge in [-0.15, -0.1) is 0 Å². The van der Waals surface area contributed by atoms with Gasteiger partial charge in [0.2, 0.25) is 0 Å². The number of carboxylic acids is 1. The molecule has 2 rings (SSSR count). The highest BCUT2D eigenvalue weighted by atomic mass is 19.1. The Morgan fingerprint density at radius 2 is 1.85 bits per heavy atom. The van der Waals surface area contributed by atoms with Crippen molar-refractivity contribution in [2.45, 2.75) is 19.8 Å². The van der Waals surface area contributed by atoms with Crippen molar-refractivity contribution in [1.82, 2.24) is 4.90 Å². The summed E-state index contributed by atoms with van der Waals surface area (Å²) in [6.45, 7) is 4.53. The number of aliphatic carboxylic acids is 1. The summed E-state index contributed by atoms with van der Waals surface area (Å²) in [4.78, 5) is 12.4. The Labute approximate surface area is 160 Å². The third kappa shape index (κ3) is 6.40. The summed E-state index contributed by atoms with van der Waals surface area (Å²) in [5.41, 5.74) is 3.03. The molecule has 2 aromatic carbocycles. The third-order valence-electron chi connectivity index (χ3n) is 4.10. The summed E-state index contributed by atoms with van der Waals surface area (Å²) in [5, 5.41) is 8.87. The molecule has 0 spiro atoms. The largest absolute Gasteiger partial charge is 0.480 e. The summed E-state index contributed by atoms with van der Waals surface area (Å²) < 4.78 is 14.2. The van der Waals surface area contributed by atoms with Crippen LogP contribution in [0.5, 0.6) is 0 Å². The Morgan fingerprint density at radius 1 is 1.19 bits per heavy atom. The number of nitrogens with zero attached hydrogens (tertiary/aromatic N) is 1. The van der Waals surface area contributed by atoms with E-state index in [1.165, 1.54) is 11.6 Å². The van der Waals surface area contributed by atoms with Crippen molar-refractivity contribution in [3.8, 4) is 11.8 Å². The van der Waals surface area contributed by atoms with Crippen molar-refractivity contribution < 1.29 is 14.3 Å². The summed E-state index contributed by atoms with van der Waals surface area (Å²) in [6.07, 6.45) is 1.76. The van der Waals surface area contributed by atoms with Gasteiger partial charge in [-0.25, -0.2) is 4.39 Å². The smallest absolute Gasteiger partial charge is 0.317 e. The van der Waals surface area contributed by atoms with Crippen LogP contribution in [0.2, 0.25) is 0 Å². The van der Waals surface area contributed by atoms with Gasteiger partial charge >= 0.3 is 5.97 Å². The van der Waals surface area contributed by atoms with E-state index in [0.29, 0.717) is 23.6 Å². The molecule has 0 fully saturated rings. The van der Waals surface area contributed by atoms with E-state index in [2.05, 4.69) is 25.7 Å². The zero-order valence-corrected chi connectivity index (χ0v) is 15.9. The van der Waals surface area contributed by atoms with E-state index < -0.39 is 5.97 Å². The minimum absolute atomic E-state index is 0.0921. The summed E-state index contributed by atoms with van der Waals surface area (Å²) >= 11 is 0. The van der Waals surface area contributed by atoms with Gasteiger partial charge in [-0.1, -0.05) is 62.1 Å². The number of likely N-dealkylation sites (N-methyl/N-ethyl adjacent to an activating group) is 1. The van der Waals surface area contributed by atoms with Crippen LogP contribution in [0, 0.1) is 17.7 Å². The van der Waals surface area contributed by atoms with Crippen molar-refractivity contribution in [2.75, 3.05) is 20.1 Å². The van der Waals surface area contributed by atoms with Crippen molar-refractivity contribution in [2.24, 2.45) is 0 Å². The molecule has 0 aliphatic carbocycles. The fraction of sp³-hybridized carbons (Fsp3) is 0.261. The number of benzene rings is 2. The molecule has 27 heavy (non-hydrogen) atoms. The van der Waals surface area contributed by atoms with E-state index in [1.807, 2.05) is 24.3 Å². The second kappa shape index (κ2) is 9.70. The monoisotopic (exact) mass is 365 g/mol. The second-order valence-electron chi connectivity index (χ2n) is 6.71. The summed E-state index contributed by atoms with van der Waals surface area (Å²) in [5.74, 6) is 5.32. The molecule has 0 unspecified atom stereocenters. The van der Waals surface area contributed by atoms with Crippen LogP contribution < -0.4 is 0 Å². The predicted octanol–water partition coefficient (Wildman–Crippen LogP) is 4.40. The van der Waals surface area contributed by atoms with Crippen LogP contribution in [0.1, 0.15) is 36.5 Å². The number of allylic oxidation sites excluding steroid dienone is 1. The van der Waals surface area contributed by atoms with Gasteiger partial charge in [0.1, 0.15) is 5.82 Å². The molecule has 0 atom stereocenters. The molecular formula is C23H24FNO2. The quantitative estimate of drug-likeness (QED) is 0.772. The van der Waals surface area contributed by atoms with Crippen LogP contribution in [0.15, 0.2) is 54.6 Å². The van der Waals surface area contributed by atoms with Crippen LogP contribution >= 0.6 is 0 Å². The minimum Gasteiger partial charge on any atom is -0.480 e. The normalized spacial score (nSPS) is 11.4. The van der Waals surface area contributed by atoms with Crippen LogP contribution in [0.25, 0.3) is 5.57 Å². The first-order chi connectivity index (χ1) is 12.9. The Balaban J connectivity index is 2.30. The Morgan fingerprint density at radius 3 is 2.44 bits per heavy atom. The molecule has 0 heterocycles. The molecule has 140 valence electrons. The van der Waals surface area contributed by atoms with E-state index >= 15 is 0 Å². The van der Waals surface area contributed by atoms with Crippen molar-refractivity contribution in [1.29, 1.82) is 0 Å². The molecule has 0 saturated heterocycles. The molecule has 3 nitrogen and oxygen atoms in total. The maximum Gasteiger partial charge on any atom is 0.317 e. The molecule has 0 bridgehead atoms. The second-order valence-corrected chi connectivity index (χ2v) is 6.71. The lowest BCUT2D eigenvalue weighted by atomic mass is 10.0. The lowest BCUT2D eigenvalue weighted by Gasteiger charge is -2.11. The average molecular weight is 365 g/mol. The Kier molecular flexibility index (Phi) is 7.34. The average Bonchev–Trinajstić information content (AvgIpc) is 2.62. The maximum atomic E-state index is 14.2. The zero-order chi connectivity index (χ0) is 19.8. The van der Waals surface area contributed by atoms with E-state index in [4.69, 9.17) is 5.11 Å². The zero-order valence-electron chi connectivity index (χ0n) is 15.9. The molecule has 0 aliphatic heterocycles. The molecule has 0 amide bonds. The molecule has 0 saturated carbocycles. The van der Waals surface area contributed by atoms with Crippen LogP contribution in [-0.4, -0.2) is 36.1 Å². The Hall–Kier alpha value is -2.90. The van der Waals surface area contributed by atoms with Gasteiger partial charge in [0, 0.05) is 23.2 Å². The molecule has 1 N–H and O–H groups in total. The fourth-order valence-electron chi connectivity index (χ4n) is 2.54. The van der Waals surface area contributed by atoms with Crippen LogP contribution in [0.4, 0.5) is 4.39 Å². The lowest BCUT2D eigenvalue weighted by molar-refractivity contribution is -0.137. The molecule has 4 heteroatoms. The van der Waals surface area contributed by atoms with Gasteiger partial charge in [0.15, 0.2) is 0 Å². The van der Waals surface area contributed by atoms with Gasteiger partial charge in [0.05, 0.1) is 6.54 Å². The summed E-state index contributed by atoms with van der Waals surface area (Å²) in [6, 6.07) is 14.5. The van der Waals surface area contributed by atoms with Crippen LogP contribution in [0.3, 0.4) is 0 Å². The number of hydrogen-bond donors (Lipinski definition) is 1. The number of hydrogen-bond acceptors (Lipinski definition) is 2. The third-order valence-corrected chi connectivity index (χ3v) is 4.10. The molecule has 0 aliphatic rings. The first-order valence-corrected chi connectivity index (χ1v) is 8.84. The van der Waals surface area contributed by atoms with E-state index in [0.717, 1.165) is 5.56 Å². The number of carbonyl (C=O) groups is 1. The highest BCUT2D eigenvalue weighted by Crippen LogP contribution is 2.18. The van der Waals surface area contributed by atoms with E-state index in [1.54, 1.807) is 36.2 Å². The topological polar surface area (TPSA) is 40.5 Å². The number of halogens is 1. The van der Waals surface area contributed by atoms with E-state index in [9.17, 15) is 9.18 Å². The fourth-order valence-corrected chi connectivity index (χ4v) is 2.54. The van der Waals surface area contributed by atoms with Gasteiger partial charge in [-0.3, -0.25) is 9.69 Å². The van der Waals surface area contributed by atoms with Crippen molar-refractivity contribution in [3.05, 3.63) is 77.1 Å². The SMILES string of the molecule is CC(C)c1ccc(C#C/C(=C/CN(C)CC(=O)O)c2ccccc2F)cc1. The minimum atomic E-state index is -0.908. The van der Waals surface area contributed by atoms with E-state index in [-0.39, 0.29) is 12.4 Å². The maximum absolute atomic E-state index is 14.2. The predicted molar refractivity (Wildman–Crippen MR) is 107 cm³/mol. The van der Waals surface area contributed by atoms with Crippen LogP contribution in [-0.2, 0) is 4.79 Å². The highest BCUT2D eigenvalue weighted by molar-refractivity contribution is 5.80. The standard InChI is InChI=1S/C23H24FNO2/c1-17(2)19-11-8-18(9-12-19)10-13-20(14-15-25(3)16-23(26)27)21-6-4-5-7-22(21)24/h4-9,11-12,14,17H,15-16H2,1-3H3,(H,26,27)/b20-14-. The molecule has 0 aromatic heterocycles. The first kappa shape index (κ1) is 20.4. The van der Waals surface area contributed by atoms with Crippen molar-refractivity contribution >= 4 is 11.5 Å². The van der Waals surface area contributed by atoms with Gasteiger partial charge < -0.3 is 5.11 Å².